The van der Waals surface area contributed by atoms with E-state index in [-0.39, 0.29) is 23.2 Å². The minimum Gasteiger partial charge on any atom is -0.393 e. The number of hydrogen-bond donors (Lipinski definition) is 2. The number of fused-ring (bicyclic) bond motifs is 5. The standard InChI is InChI=1S/C28H46O3/c1-17(2)28(16-31-28)13-8-18(3)21-6-7-22-25-23(10-12-27(21,22)5)26(4)11-9-20(29)14-19(26)15-24(25)30/h15,17-18,20-25,29-30H,6-14,16H2,1-5H3/t18-,20+,21-,22+,23+,24+,25+,26+,27-,28-/m1/s1. The normalized spacial score (nSPS) is 52.2. The van der Waals surface area contributed by atoms with Gasteiger partial charge < -0.3 is 14.9 Å². The first-order chi connectivity index (χ1) is 14.6. The second kappa shape index (κ2) is 7.57. The molecule has 176 valence electrons. The van der Waals surface area contributed by atoms with E-state index in [1.165, 1.54) is 44.1 Å². The third kappa shape index (κ3) is 3.39. The molecule has 5 rings (SSSR count). The molecule has 0 unspecified atom stereocenters. The van der Waals surface area contributed by atoms with Crippen LogP contribution in [0, 0.1) is 46.3 Å². The van der Waals surface area contributed by atoms with Crippen LogP contribution in [0.3, 0.4) is 0 Å². The van der Waals surface area contributed by atoms with Crippen LogP contribution in [0.15, 0.2) is 11.6 Å². The topological polar surface area (TPSA) is 53.0 Å². The summed E-state index contributed by atoms with van der Waals surface area (Å²) in [5, 5.41) is 21.6. The molecule has 0 spiro atoms. The molecule has 1 heterocycles. The average Bonchev–Trinajstić information content (AvgIpc) is 3.43. The monoisotopic (exact) mass is 430 g/mol. The summed E-state index contributed by atoms with van der Waals surface area (Å²) in [5.74, 6) is 3.78. The fraction of sp³-hybridized carbons (Fsp3) is 0.929. The molecular weight excluding hydrogens is 384 g/mol. The Hall–Kier alpha value is -0.380. The molecular formula is C28H46O3. The average molecular weight is 431 g/mol. The molecule has 0 aromatic heterocycles. The highest BCUT2D eigenvalue weighted by Gasteiger charge is 2.61. The number of aliphatic hydroxyl groups excluding tert-OH is 2. The Labute approximate surface area is 190 Å². The number of hydrogen-bond acceptors (Lipinski definition) is 3. The van der Waals surface area contributed by atoms with Gasteiger partial charge in [0.25, 0.3) is 0 Å². The van der Waals surface area contributed by atoms with Crippen molar-refractivity contribution in [1.82, 2.24) is 0 Å². The molecule has 3 saturated carbocycles. The van der Waals surface area contributed by atoms with E-state index in [9.17, 15) is 10.2 Å². The molecule has 4 fully saturated rings. The summed E-state index contributed by atoms with van der Waals surface area (Å²) < 4.78 is 5.90. The summed E-state index contributed by atoms with van der Waals surface area (Å²) in [4.78, 5) is 0. The lowest BCUT2D eigenvalue weighted by Gasteiger charge is -2.59. The zero-order chi connectivity index (χ0) is 22.2. The van der Waals surface area contributed by atoms with Crippen LogP contribution < -0.4 is 0 Å². The molecule has 0 bridgehead atoms. The molecule has 31 heavy (non-hydrogen) atoms. The molecule has 5 aliphatic rings. The zero-order valence-electron chi connectivity index (χ0n) is 20.6. The minimum absolute atomic E-state index is 0.172. The molecule has 1 aliphatic heterocycles. The van der Waals surface area contributed by atoms with Crippen molar-refractivity contribution in [3.63, 3.8) is 0 Å². The summed E-state index contributed by atoms with van der Waals surface area (Å²) in [6, 6.07) is 0. The van der Waals surface area contributed by atoms with Gasteiger partial charge in [-0.25, -0.2) is 0 Å². The van der Waals surface area contributed by atoms with Crippen LogP contribution in [0.2, 0.25) is 0 Å². The van der Waals surface area contributed by atoms with Gasteiger partial charge in [-0.3, -0.25) is 0 Å². The molecule has 3 heteroatoms. The summed E-state index contributed by atoms with van der Waals surface area (Å²) in [7, 11) is 0. The molecule has 0 radical (unpaired) electrons. The fourth-order valence-electron chi connectivity index (χ4n) is 9.14. The van der Waals surface area contributed by atoms with Gasteiger partial charge in [-0.2, -0.15) is 0 Å². The van der Waals surface area contributed by atoms with Crippen molar-refractivity contribution in [2.75, 3.05) is 6.61 Å². The van der Waals surface area contributed by atoms with E-state index in [0.717, 1.165) is 37.7 Å². The predicted octanol–water partition coefficient (Wildman–Crippen LogP) is 5.74. The van der Waals surface area contributed by atoms with Gasteiger partial charge >= 0.3 is 0 Å². The summed E-state index contributed by atoms with van der Waals surface area (Å²) >= 11 is 0. The number of epoxide rings is 1. The quantitative estimate of drug-likeness (QED) is 0.432. The maximum Gasteiger partial charge on any atom is 0.0939 e. The number of rotatable bonds is 5. The van der Waals surface area contributed by atoms with Crippen molar-refractivity contribution in [3.05, 3.63) is 11.6 Å². The molecule has 0 amide bonds. The Morgan fingerprint density at radius 1 is 1.03 bits per heavy atom. The summed E-state index contributed by atoms with van der Waals surface area (Å²) in [6.07, 6.45) is 12.1. The van der Waals surface area contributed by atoms with E-state index in [1.807, 2.05) is 0 Å². The smallest absolute Gasteiger partial charge is 0.0939 e. The van der Waals surface area contributed by atoms with Crippen LogP contribution >= 0.6 is 0 Å². The van der Waals surface area contributed by atoms with Gasteiger partial charge in [0.1, 0.15) is 0 Å². The summed E-state index contributed by atoms with van der Waals surface area (Å²) in [5.41, 5.74) is 2.09. The number of aliphatic hydroxyl groups is 2. The highest BCUT2D eigenvalue weighted by Crippen LogP contribution is 2.67. The molecule has 3 nitrogen and oxygen atoms in total. The van der Waals surface area contributed by atoms with Gasteiger partial charge in [0.05, 0.1) is 24.4 Å². The zero-order valence-corrected chi connectivity index (χ0v) is 20.6. The first kappa shape index (κ1) is 22.4. The Kier molecular flexibility index (Phi) is 5.47. The third-order valence-electron chi connectivity index (χ3n) is 11.5. The van der Waals surface area contributed by atoms with Crippen molar-refractivity contribution in [1.29, 1.82) is 0 Å². The second-order valence-corrected chi connectivity index (χ2v) is 13.0. The van der Waals surface area contributed by atoms with Gasteiger partial charge in [-0.15, -0.1) is 0 Å². The van der Waals surface area contributed by atoms with E-state index in [1.54, 1.807) is 0 Å². The maximum atomic E-state index is 11.3. The van der Waals surface area contributed by atoms with E-state index in [4.69, 9.17) is 4.74 Å². The maximum absolute atomic E-state index is 11.3. The second-order valence-electron chi connectivity index (χ2n) is 13.0. The Balaban J connectivity index is 1.34. The molecule has 4 aliphatic carbocycles. The lowest BCUT2D eigenvalue weighted by molar-refractivity contribution is -0.0972. The van der Waals surface area contributed by atoms with Gasteiger partial charge in [0, 0.05) is 0 Å². The fourth-order valence-corrected chi connectivity index (χ4v) is 9.14. The first-order valence-electron chi connectivity index (χ1n) is 13.3. The Bertz CT molecular complexity index is 724. The molecule has 0 aromatic carbocycles. The third-order valence-corrected chi connectivity index (χ3v) is 11.5. The molecule has 0 aromatic rings. The SMILES string of the molecule is CC(C)[C@@]1(CC[C@@H](C)[C@H]2CC[C@H]3[C@@H]4[C@@H](O)C=C5C[C@@H](O)CC[C@]5(C)[C@H]4CC[C@]23C)CO1. The van der Waals surface area contributed by atoms with Crippen molar-refractivity contribution >= 4 is 0 Å². The van der Waals surface area contributed by atoms with Crippen LogP contribution in [0.25, 0.3) is 0 Å². The van der Waals surface area contributed by atoms with Gasteiger partial charge in [-0.1, -0.05) is 46.3 Å². The minimum atomic E-state index is -0.318. The van der Waals surface area contributed by atoms with Gasteiger partial charge in [-0.05, 0) is 104 Å². The van der Waals surface area contributed by atoms with Crippen molar-refractivity contribution < 1.29 is 14.9 Å². The Morgan fingerprint density at radius 2 is 1.77 bits per heavy atom. The van der Waals surface area contributed by atoms with Crippen LogP contribution in [0.5, 0.6) is 0 Å². The van der Waals surface area contributed by atoms with Gasteiger partial charge in [0.2, 0.25) is 0 Å². The molecule has 10 atom stereocenters. The van der Waals surface area contributed by atoms with E-state index >= 15 is 0 Å². The van der Waals surface area contributed by atoms with Gasteiger partial charge in [0.15, 0.2) is 0 Å². The number of ether oxygens (including phenoxy) is 1. The van der Waals surface area contributed by atoms with Crippen LogP contribution in [-0.2, 0) is 4.74 Å². The lowest BCUT2D eigenvalue weighted by atomic mass is 9.46. The van der Waals surface area contributed by atoms with Crippen LogP contribution in [0.4, 0.5) is 0 Å². The van der Waals surface area contributed by atoms with Crippen LogP contribution in [0.1, 0.15) is 92.4 Å². The first-order valence-corrected chi connectivity index (χ1v) is 13.3. The van der Waals surface area contributed by atoms with Crippen molar-refractivity contribution in [2.45, 2.75) is 110 Å². The summed E-state index contributed by atoms with van der Waals surface area (Å²) in [6.45, 7) is 13.1. The lowest BCUT2D eigenvalue weighted by Crippen LogP contribution is -2.55. The highest BCUT2D eigenvalue weighted by atomic mass is 16.6. The Morgan fingerprint density at radius 3 is 2.45 bits per heavy atom. The largest absolute Gasteiger partial charge is 0.393 e. The molecule has 2 N–H and O–H groups in total. The van der Waals surface area contributed by atoms with Crippen LogP contribution in [-0.4, -0.2) is 34.6 Å². The van der Waals surface area contributed by atoms with Crippen molar-refractivity contribution in [2.24, 2.45) is 46.3 Å². The van der Waals surface area contributed by atoms with Crippen molar-refractivity contribution in [3.8, 4) is 0 Å². The predicted molar refractivity (Wildman–Crippen MR) is 125 cm³/mol. The van der Waals surface area contributed by atoms with E-state index < -0.39 is 0 Å². The van der Waals surface area contributed by atoms with E-state index in [2.05, 4.69) is 40.7 Å². The molecule has 1 saturated heterocycles. The highest BCUT2D eigenvalue weighted by molar-refractivity contribution is 5.28. The van der Waals surface area contributed by atoms with E-state index in [0.29, 0.717) is 29.1 Å².